The highest BCUT2D eigenvalue weighted by Gasteiger charge is 2.08. The zero-order chi connectivity index (χ0) is 15.1. The van der Waals surface area contributed by atoms with Gasteiger partial charge in [0, 0.05) is 19.3 Å². The number of nitrogens with zero attached hydrogens (tertiary/aromatic N) is 2. The molecule has 0 spiro atoms. The Hall–Kier alpha value is -1.61. The number of aromatic nitrogens is 2. The summed E-state index contributed by atoms with van der Waals surface area (Å²) >= 11 is 0. The number of hydrogen-bond donors (Lipinski definition) is 1. The van der Waals surface area contributed by atoms with Crippen LogP contribution in [0.4, 0.5) is 0 Å². The van der Waals surface area contributed by atoms with E-state index in [1.54, 1.807) is 0 Å². The molecule has 1 N–H and O–H groups in total. The minimum absolute atomic E-state index is 0.521. The number of nitrogens with one attached hydrogen (secondary N) is 1. The Morgan fingerprint density at radius 1 is 1.10 bits per heavy atom. The van der Waals surface area contributed by atoms with E-state index in [4.69, 9.17) is 0 Å². The zero-order valence-electron chi connectivity index (χ0n) is 13.4. The van der Waals surface area contributed by atoms with Gasteiger partial charge in [-0.1, -0.05) is 51.1 Å². The van der Waals surface area contributed by atoms with Crippen molar-refractivity contribution in [2.24, 2.45) is 0 Å². The lowest BCUT2D eigenvalue weighted by molar-refractivity contribution is 0.424. The Balaban J connectivity index is 1.81. The average Bonchev–Trinajstić information content (AvgIpc) is 2.98. The highest BCUT2D eigenvalue weighted by atomic mass is 15.3. The van der Waals surface area contributed by atoms with Crippen molar-refractivity contribution in [3.05, 3.63) is 53.9 Å². The van der Waals surface area contributed by atoms with E-state index < -0.39 is 0 Å². The first-order valence-corrected chi connectivity index (χ1v) is 8.04. The van der Waals surface area contributed by atoms with Gasteiger partial charge < -0.3 is 5.32 Å². The van der Waals surface area contributed by atoms with E-state index in [-0.39, 0.29) is 0 Å². The van der Waals surface area contributed by atoms with Crippen LogP contribution in [-0.4, -0.2) is 16.3 Å². The van der Waals surface area contributed by atoms with Crippen LogP contribution >= 0.6 is 0 Å². The Morgan fingerprint density at radius 2 is 1.81 bits per heavy atom. The van der Waals surface area contributed by atoms with Gasteiger partial charge >= 0.3 is 0 Å². The molecule has 0 saturated carbocycles. The lowest BCUT2D eigenvalue weighted by atomic mass is 10.0. The maximum absolute atomic E-state index is 4.68. The van der Waals surface area contributed by atoms with Crippen LogP contribution in [0.25, 0.3) is 0 Å². The van der Waals surface area contributed by atoms with E-state index in [1.165, 1.54) is 5.56 Å². The van der Waals surface area contributed by atoms with Crippen molar-refractivity contribution in [1.82, 2.24) is 15.1 Å². The largest absolute Gasteiger partial charge is 0.311 e. The van der Waals surface area contributed by atoms with Crippen LogP contribution in [-0.2, 0) is 6.54 Å². The zero-order valence-corrected chi connectivity index (χ0v) is 13.4. The molecule has 3 heteroatoms. The van der Waals surface area contributed by atoms with E-state index in [2.05, 4.69) is 78.5 Å². The van der Waals surface area contributed by atoms with Crippen LogP contribution in [0, 0.1) is 0 Å². The minimum atomic E-state index is 0.521. The molecule has 0 saturated heterocycles. The molecule has 0 radical (unpaired) electrons. The summed E-state index contributed by atoms with van der Waals surface area (Å²) in [7, 11) is 0. The molecular formula is C18H27N3. The fourth-order valence-electron chi connectivity index (χ4n) is 2.65. The smallest absolute Gasteiger partial charge is 0.0762 e. The molecule has 1 heterocycles. The predicted molar refractivity (Wildman–Crippen MR) is 88.4 cm³/mol. The van der Waals surface area contributed by atoms with Gasteiger partial charge in [0.15, 0.2) is 0 Å². The van der Waals surface area contributed by atoms with Crippen molar-refractivity contribution in [1.29, 1.82) is 0 Å². The van der Waals surface area contributed by atoms with E-state index in [9.17, 15) is 0 Å². The maximum atomic E-state index is 4.68. The first kappa shape index (κ1) is 15.8. The summed E-state index contributed by atoms with van der Waals surface area (Å²) < 4.78 is 2.11. The van der Waals surface area contributed by atoms with Gasteiger partial charge in [-0.25, -0.2) is 0 Å². The molecule has 2 aromatic rings. The van der Waals surface area contributed by atoms with E-state index in [0.717, 1.165) is 31.6 Å². The van der Waals surface area contributed by atoms with E-state index in [1.807, 2.05) is 0 Å². The Morgan fingerprint density at radius 3 is 2.48 bits per heavy atom. The SMILES string of the molecule is CCC(CC)n1ccc(CNCC(C)c2ccccc2)n1. The molecule has 0 fully saturated rings. The fourth-order valence-corrected chi connectivity index (χ4v) is 2.65. The molecule has 1 atom stereocenters. The highest BCUT2D eigenvalue weighted by Crippen LogP contribution is 2.15. The van der Waals surface area contributed by atoms with Crippen LogP contribution in [0.1, 0.15) is 56.8 Å². The molecule has 1 unspecified atom stereocenters. The number of benzene rings is 1. The normalized spacial score (nSPS) is 12.8. The standard InChI is InChI=1S/C18H27N3/c1-4-18(5-2)21-12-11-17(20-21)14-19-13-15(3)16-9-7-6-8-10-16/h6-12,15,18-19H,4-5,13-14H2,1-3H3. The molecular weight excluding hydrogens is 258 g/mol. The van der Waals surface area contributed by atoms with Gasteiger partial charge in [-0.15, -0.1) is 0 Å². The highest BCUT2D eigenvalue weighted by molar-refractivity contribution is 5.19. The van der Waals surface area contributed by atoms with Gasteiger partial charge in [0.25, 0.3) is 0 Å². The van der Waals surface area contributed by atoms with Crippen molar-refractivity contribution in [2.45, 2.75) is 52.1 Å². The molecule has 0 aliphatic rings. The summed E-state index contributed by atoms with van der Waals surface area (Å²) in [5, 5.41) is 8.19. The second-order valence-electron chi connectivity index (χ2n) is 5.70. The minimum Gasteiger partial charge on any atom is -0.311 e. The maximum Gasteiger partial charge on any atom is 0.0762 e. The van der Waals surface area contributed by atoms with Crippen molar-refractivity contribution in [3.63, 3.8) is 0 Å². The first-order valence-electron chi connectivity index (χ1n) is 8.04. The Bertz CT molecular complexity index is 514. The third-order valence-corrected chi connectivity index (χ3v) is 4.11. The van der Waals surface area contributed by atoms with E-state index >= 15 is 0 Å². The van der Waals surface area contributed by atoms with Crippen molar-refractivity contribution < 1.29 is 0 Å². The molecule has 0 aliphatic carbocycles. The van der Waals surface area contributed by atoms with Gasteiger partial charge in [-0.3, -0.25) is 4.68 Å². The summed E-state index contributed by atoms with van der Waals surface area (Å²) in [6.07, 6.45) is 4.38. The molecule has 114 valence electrons. The second-order valence-corrected chi connectivity index (χ2v) is 5.70. The predicted octanol–water partition coefficient (Wildman–Crippen LogP) is 4.14. The lowest BCUT2D eigenvalue weighted by Crippen LogP contribution is -2.20. The van der Waals surface area contributed by atoms with Gasteiger partial charge in [-0.2, -0.15) is 5.10 Å². The van der Waals surface area contributed by atoms with Crippen molar-refractivity contribution >= 4 is 0 Å². The quantitative estimate of drug-likeness (QED) is 0.790. The van der Waals surface area contributed by atoms with Crippen LogP contribution in [0.3, 0.4) is 0 Å². The topological polar surface area (TPSA) is 29.9 Å². The van der Waals surface area contributed by atoms with Crippen LogP contribution < -0.4 is 5.32 Å². The molecule has 0 aliphatic heterocycles. The lowest BCUT2D eigenvalue weighted by Gasteiger charge is -2.13. The van der Waals surface area contributed by atoms with Crippen molar-refractivity contribution in [3.8, 4) is 0 Å². The third kappa shape index (κ3) is 4.43. The number of hydrogen-bond acceptors (Lipinski definition) is 2. The second kappa shape index (κ2) is 7.99. The first-order chi connectivity index (χ1) is 10.2. The molecule has 1 aromatic carbocycles. The molecule has 21 heavy (non-hydrogen) atoms. The monoisotopic (exact) mass is 285 g/mol. The molecule has 1 aromatic heterocycles. The van der Waals surface area contributed by atoms with Crippen molar-refractivity contribution in [2.75, 3.05) is 6.54 Å². The van der Waals surface area contributed by atoms with E-state index in [0.29, 0.717) is 12.0 Å². The van der Waals surface area contributed by atoms with Gasteiger partial charge in [0.2, 0.25) is 0 Å². The van der Waals surface area contributed by atoms with Gasteiger partial charge in [0.05, 0.1) is 11.7 Å². The van der Waals surface area contributed by atoms with Gasteiger partial charge in [-0.05, 0) is 30.4 Å². The Kier molecular flexibility index (Phi) is 6.00. The summed E-state index contributed by atoms with van der Waals surface area (Å²) in [4.78, 5) is 0. The molecule has 0 amide bonds. The van der Waals surface area contributed by atoms with Crippen LogP contribution in [0.2, 0.25) is 0 Å². The number of rotatable bonds is 8. The molecule has 2 rings (SSSR count). The molecule has 3 nitrogen and oxygen atoms in total. The third-order valence-electron chi connectivity index (χ3n) is 4.11. The summed E-state index contributed by atoms with van der Waals surface area (Å²) in [6, 6.07) is 13.3. The fraction of sp³-hybridized carbons (Fsp3) is 0.500. The summed E-state index contributed by atoms with van der Waals surface area (Å²) in [6.45, 7) is 8.50. The van der Waals surface area contributed by atoms with Gasteiger partial charge in [0.1, 0.15) is 0 Å². The summed E-state index contributed by atoms with van der Waals surface area (Å²) in [5.41, 5.74) is 2.51. The average molecular weight is 285 g/mol. The van der Waals surface area contributed by atoms with Crippen LogP contribution in [0.15, 0.2) is 42.6 Å². The van der Waals surface area contributed by atoms with Crippen LogP contribution in [0.5, 0.6) is 0 Å². The molecule has 0 bridgehead atoms. The summed E-state index contributed by atoms with van der Waals surface area (Å²) in [5.74, 6) is 0.521. The Labute approximate surface area is 128 Å².